The van der Waals surface area contributed by atoms with E-state index in [1.165, 1.54) is 4.90 Å². The standard InChI is InChI=1S/C17H15ClN2O3/c1-2-23-15-8-6-13(7-9-15)19-11-16(21)20(17(19)22)14-5-3-4-12(18)10-14/h3-10H,2,11H2,1H3. The summed E-state index contributed by atoms with van der Waals surface area (Å²) in [6.07, 6.45) is 0. The third-order valence-electron chi connectivity index (χ3n) is 3.49. The van der Waals surface area contributed by atoms with Crippen molar-refractivity contribution in [1.82, 2.24) is 0 Å². The molecular weight excluding hydrogens is 316 g/mol. The first-order valence-electron chi connectivity index (χ1n) is 7.23. The minimum atomic E-state index is -0.388. The van der Waals surface area contributed by atoms with Crippen LogP contribution in [0.2, 0.25) is 5.02 Å². The van der Waals surface area contributed by atoms with Crippen molar-refractivity contribution in [2.45, 2.75) is 6.92 Å². The van der Waals surface area contributed by atoms with Crippen LogP contribution in [0.3, 0.4) is 0 Å². The lowest BCUT2D eigenvalue weighted by molar-refractivity contribution is -0.115. The highest BCUT2D eigenvalue weighted by Gasteiger charge is 2.38. The second kappa shape index (κ2) is 6.30. The molecule has 0 aliphatic carbocycles. The number of amides is 3. The Morgan fingerprint density at radius 1 is 1.09 bits per heavy atom. The van der Waals surface area contributed by atoms with Crippen LogP contribution in [0.25, 0.3) is 0 Å². The Hall–Kier alpha value is -2.53. The van der Waals surface area contributed by atoms with Crippen molar-refractivity contribution in [2.24, 2.45) is 0 Å². The van der Waals surface area contributed by atoms with Gasteiger partial charge in [0.25, 0.3) is 5.91 Å². The number of halogens is 1. The summed E-state index contributed by atoms with van der Waals surface area (Å²) in [5.41, 5.74) is 1.12. The summed E-state index contributed by atoms with van der Waals surface area (Å²) in [4.78, 5) is 27.4. The second-order valence-electron chi connectivity index (χ2n) is 5.00. The number of nitrogens with zero attached hydrogens (tertiary/aromatic N) is 2. The molecule has 0 radical (unpaired) electrons. The molecule has 3 amide bonds. The van der Waals surface area contributed by atoms with Crippen LogP contribution in [-0.2, 0) is 4.79 Å². The fraction of sp³-hybridized carbons (Fsp3) is 0.176. The average Bonchev–Trinajstić information content (AvgIpc) is 2.83. The van der Waals surface area contributed by atoms with Crippen LogP contribution in [0, 0.1) is 0 Å². The molecule has 1 heterocycles. The van der Waals surface area contributed by atoms with Crippen molar-refractivity contribution in [1.29, 1.82) is 0 Å². The Labute approximate surface area is 139 Å². The molecule has 0 unspecified atom stereocenters. The summed E-state index contributed by atoms with van der Waals surface area (Å²) in [5.74, 6) is 0.437. The predicted molar refractivity (Wildman–Crippen MR) is 89.3 cm³/mol. The van der Waals surface area contributed by atoms with E-state index in [2.05, 4.69) is 0 Å². The Morgan fingerprint density at radius 2 is 1.83 bits per heavy atom. The van der Waals surface area contributed by atoms with Crippen LogP contribution >= 0.6 is 11.6 Å². The van der Waals surface area contributed by atoms with Gasteiger partial charge in [0.05, 0.1) is 12.3 Å². The van der Waals surface area contributed by atoms with E-state index in [1.54, 1.807) is 48.5 Å². The number of anilines is 2. The van der Waals surface area contributed by atoms with Gasteiger partial charge in [0.1, 0.15) is 12.3 Å². The predicted octanol–water partition coefficient (Wildman–Crippen LogP) is 3.71. The molecule has 1 aliphatic heterocycles. The minimum Gasteiger partial charge on any atom is -0.494 e. The zero-order valence-electron chi connectivity index (χ0n) is 12.5. The molecule has 1 aliphatic rings. The minimum absolute atomic E-state index is 0.000666. The smallest absolute Gasteiger partial charge is 0.336 e. The molecule has 1 fully saturated rings. The lowest BCUT2D eigenvalue weighted by atomic mass is 10.3. The number of rotatable bonds is 4. The van der Waals surface area contributed by atoms with Gasteiger partial charge in [-0.25, -0.2) is 9.69 Å². The van der Waals surface area contributed by atoms with E-state index in [1.807, 2.05) is 6.92 Å². The normalized spacial score (nSPS) is 14.5. The van der Waals surface area contributed by atoms with Crippen LogP contribution in [0.5, 0.6) is 5.75 Å². The summed E-state index contributed by atoms with van der Waals surface area (Å²) in [7, 11) is 0. The third kappa shape index (κ3) is 3.00. The van der Waals surface area contributed by atoms with Gasteiger partial charge in [-0.3, -0.25) is 9.69 Å². The van der Waals surface area contributed by atoms with E-state index >= 15 is 0 Å². The van der Waals surface area contributed by atoms with Crippen molar-refractivity contribution in [3.05, 3.63) is 53.6 Å². The summed E-state index contributed by atoms with van der Waals surface area (Å²) >= 11 is 5.94. The third-order valence-corrected chi connectivity index (χ3v) is 3.73. The molecule has 3 rings (SSSR count). The molecule has 0 aromatic heterocycles. The summed E-state index contributed by atoms with van der Waals surface area (Å²) < 4.78 is 5.38. The molecule has 0 bridgehead atoms. The Morgan fingerprint density at radius 3 is 2.48 bits per heavy atom. The van der Waals surface area contributed by atoms with Gasteiger partial charge in [-0.1, -0.05) is 17.7 Å². The van der Waals surface area contributed by atoms with E-state index in [4.69, 9.17) is 16.3 Å². The number of hydrogen-bond donors (Lipinski definition) is 0. The lowest BCUT2D eigenvalue weighted by Crippen LogP contribution is -2.32. The molecule has 1 saturated heterocycles. The number of carbonyl (C=O) groups excluding carboxylic acids is 2. The van der Waals surface area contributed by atoms with Crippen LogP contribution in [0.1, 0.15) is 6.92 Å². The molecule has 118 valence electrons. The molecule has 5 nitrogen and oxygen atoms in total. The SMILES string of the molecule is CCOc1ccc(N2CC(=O)N(c3cccc(Cl)c3)C2=O)cc1. The van der Waals surface area contributed by atoms with E-state index in [-0.39, 0.29) is 18.5 Å². The monoisotopic (exact) mass is 330 g/mol. The van der Waals surface area contributed by atoms with Crippen LogP contribution in [0.15, 0.2) is 48.5 Å². The van der Waals surface area contributed by atoms with Gasteiger partial charge in [0.15, 0.2) is 0 Å². The second-order valence-corrected chi connectivity index (χ2v) is 5.44. The number of benzene rings is 2. The molecule has 0 saturated carbocycles. The van der Waals surface area contributed by atoms with Gasteiger partial charge >= 0.3 is 6.03 Å². The maximum absolute atomic E-state index is 12.6. The Kier molecular flexibility index (Phi) is 4.21. The molecule has 23 heavy (non-hydrogen) atoms. The number of carbonyl (C=O) groups is 2. The molecule has 6 heteroatoms. The van der Waals surface area contributed by atoms with Crippen LogP contribution < -0.4 is 14.5 Å². The topological polar surface area (TPSA) is 49.9 Å². The number of urea groups is 1. The molecular formula is C17H15ClN2O3. The highest BCUT2D eigenvalue weighted by Crippen LogP contribution is 2.28. The van der Waals surface area contributed by atoms with Gasteiger partial charge in [-0.05, 0) is 49.4 Å². The van der Waals surface area contributed by atoms with Gasteiger partial charge in [0.2, 0.25) is 0 Å². The van der Waals surface area contributed by atoms with E-state index in [0.29, 0.717) is 23.0 Å². The molecule has 0 N–H and O–H groups in total. The first-order chi connectivity index (χ1) is 11.1. The van der Waals surface area contributed by atoms with Crippen LogP contribution in [-0.4, -0.2) is 25.1 Å². The van der Waals surface area contributed by atoms with Gasteiger partial charge in [0, 0.05) is 10.7 Å². The van der Waals surface area contributed by atoms with Gasteiger partial charge in [-0.2, -0.15) is 0 Å². The highest BCUT2D eigenvalue weighted by atomic mass is 35.5. The number of ether oxygens (including phenoxy) is 1. The van der Waals surface area contributed by atoms with Crippen molar-refractivity contribution in [2.75, 3.05) is 23.0 Å². The molecule has 0 atom stereocenters. The van der Waals surface area contributed by atoms with Crippen molar-refractivity contribution in [3.63, 3.8) is 0 Å². The van der Waals surface area contributed by atoms with Crippen LogP contribution in [0.4, 0.5) is 16.2 Å². The van der Waals surface area contributed by atoms with Gasteiger partial charge in [-0.15, -0.1) is 0 Å². The first-order valence-corrected chi connectivity index (χ1v) is 7.61. The van der Waals surface area contributed by atoms with Crippen molar-refractivity contribution < 1.29 is 14.3 Å². The fourth-order valence-corrected chi connectivity index (χ4v) is 2.65. The van der Waals surface area contributed by atoms with E-state index < -0.39 is 0 Å². The Balaban J connectivity index is 1.86. The maximum Gasteiger partial charge on any atom is 0.336 e. The number of imide groups is 1. The Bertz CT molecular complexity index is 746. The summed E-state index contributed by atoms with van der Waals surface area (Å²) in [6, 6.07) is 13.4. The van der Waals surface area contributed by atoms with Gasteiger partial charge < -0.3 is 4.74 Å². The van der Waals surface area contributed by atoms with E-state index in [9.17, 15) is 9.59 Å². The van der Waals surface area contributed by atoms with Crippen molar-refractivity contribution >= 4 is 34.9 Å². The molecule has 2 aromatic rings. The zero-order chi connectivity index (χ0) is 16.4. The average molecular weight is 331 g/mol. The highest BCUT2D eigenvalue weighted by molar-refractivity contribution is 6.32. The lowest BCUT2D eigenvalue weighted by Gasteiger charge is -2.17. The zero-order valence-corrected chi connectivity index (χ0v) is 13.3. The molecule has 2 aromatic carbocycles. The quantitative estimate of drug-likeness (QED) is 0.803. The largest absolute Gasteiger partial charge is 0.494 e. The summed E-state index contributed by atoms with van der Waals surface area (Å²) in [6.45, 7) is 2.47. The first kappa shape index (κ1) is 15.4. The molecule has 0 spiro atoms. The van der Waals surface area contributed by atoms with Crippen molar-refractivity contribution in [3.8, 4) is 5.75 Å². The summed E-state index contributed by atoms with van der Waals surface area (Å²) in [5, 5.41) is 0.475. The maximum atomic E-state index is 12.6. The number of hydrogen-bond acceptors (Lipinski definition) is 3. The fourth-order valence-electron chi connectivity index (χ4n) is 2.46. The van der Waals surface area contributed by atoms with E-state index in [0.717, 1.165) is 10.6 Å².